The van der Waals surface area contributed by atoms with Gasteiger partial charge in [-0.2, -0.15) is 5.10 Å². The van der Waals surface area contributed by atoms with Gasteiger partial charge in [-0.25, -0.2) is 23.1 Å². The number of pyridine rings is 1. The van der Waals surface area contributed by atoms with E-state index in [1.54, 1.807) is 0 Å². The van der Waals surface area contributed by atoms with Crippen LogP contribution in [-0.4, -0.2) is 44.5 Å². The predicted molar refractivity (Wildman–Crippen MR) is 68.8 cm³/mol. The van der Waals surface area contributed by atoms with Gasteiger partial charge in [0.1, 0.15) is 12.7 Å². The van der Waals surface area contributed by atoms with Crippen molar-refractivity contribution >= 4 is 21.7 Å². The highest BCUT2D eigenvalue weighted by Crippen LogP contribution is 2.18. The fraction of sp³-hybridized carbons (Fsp3) is 0.200. The molecule has 2 heterocycles. The average Bonchev–Trinajstić information content (AvgIpc) is 2.91. The Morgan fingerprint density at radius 2 is 2.25 bits per heavy atom. The molecule has 0 spiro atoms. The minimum atomic E-state index is -4.08. The van der Waals surface area contributed by atoms with Gasteiger partial charge in [0.15, 0.2) is 11.1 Å². The topological polar surface area (TPSA) is 127 Å². The normalized spacial score (nSPS) is 12.8. The molecule has 2 aromatic rings. The second-order valence-corrected chi connectivity index (χ2v) is 5.84. The highest BCUT2D eigenvalue weighted by atomic mass is 32.2. The van der Waals surface area contributed by atoms with Crippen LogP contribution in [-0.2, 0) is 14.8 Å². The van der Waals surface area contributed by atoms with Crippen molar-refractivity contribution in [3.8, 4) is 5.82 Å². The van der Waals surface area contributed by atoms with Gasteiger partial charge in [0.2, 0.25) is 10.0 Å². The van der Waals surface area contributed by atoms with Crippen molar-refractivity contribution in [1.82, 2.24) is 19.7 Å². The van der Waals surface area contributed by atoms with E-state index in [1.165, 1.54) is 35.7 Å². The quantitative estimate of drug-likeness (QED) is 0.787. The molecule has 0 aliphatic rings. The number of hydrogen-bond acceptors (Lipinski definition) is 6. The van der Waals surface area contributed by atoms with Crippen molar-refractivity contribution in [2.24, 2.45) is 0 Å². The summed E-state index contributed by atoms with van der Waals surface area (Å²) in [5, 5.41) is 11.0. The highest BCUT2D eigenvalue weighted by Gasteiger charge is 2.28. The third kappa shape index (κ3) is 2.74. The Hall–Kier alpha value is -2.49. The molecule has 9 nitrogen and oxygen atoms in total. The lowest BCUT2D eigenvalue weighted by Crippen LogP contribution is -2.32. The first-order chi connectivity index (χ1) is 9.42. The number of sulfonamides is 1. The molecule has 0 amide bonds. The fourth-order valence-corrected chi connectivity index (χ4v) is 2.26. The molecule has 0 fully saturated rings. The summed E-state index contributed by atoms with van der Waals surface area (Å²) in [7, 11) is -4.08. The molecule has 0 bridgehead atoms. The smallest absolute Gasteiger partial charge is 0.323 e. The molecule has 0 aliphatic carbocycles. The number of rotatable bonds is 5. The minimum Gasteiger partial charge on any atom is -0.480 e. The average molecular weight is 297 g/mol. The Balaban J connectivity index is 2.38. The molecular formula is C10H11N5O4S. The third-order valence-corrected chi connectivity index (χ3v) is 4.12. The summed E-state index contributed by atoms with van der Waals surface area (Å²) in [6.45, 7) is 1.08. The third-order valence-electron chi connectivity index (χ3n) is 2.49. The van der Waals surface area contributed by atoms with Gasteiger partial charge in [-0.1, -0.05) is 0 Å². The molecule has 1 unspecified atom stereocenters. The number of aliphatic carboxylic acids is 1. The van der Waals surface area contributed by atoms with E-state index in [0.717, 1.165) is 6.92 Å². The van der Waals surface area contributed by atoms with E-state index in [2.05, 4.69) is 19.8 Å². The number of carboxylic acid groups (broad SMARTS) is 1. The maximum absolute atomic E-state index is 11.9. The van der Waals surface area contributed by atoms with Crippen molar-refractivity contribution in [2.75, 3.05) is 4.72 Å². The zero-order chi connectivity index (χ0) is 14.8. The maximum atomic E-state index is 11.9. The molecule has 2 N–H and O–H groups in total. The summed E-state index contributed by atoms with van der Waals surface area (Å²) >= 11 is 0. The van der Waals surface area contributed by atoms with Gasteiger partial charge in [0.05, 0.1) is 5.69 Å². The van der Waals surface area contributed by atoms with Crippen molar-refractivity contribution < 1.29 is 18.3 Å². The summed E-state index contributed by atoms with van der Waals surface area (Å²) in [5.41, 5.74) is 0.117. The van der Waals surface area contributed by atoms with E-state index in [9.17, 15) is 13.2 Å². The fourth-order valence-electron chi connectivity index (χ4n) is 1.35. The van der Waals surface area contributed by atoms with Crippen LogP contribution in [0.25, 0.3) is 5.82 Å². The summed E-state index contributed by atoms with van der Waals surface area (Å²) in [5.74, 6) is -1.24. The molecule has 106 valence electrons. The van der Waals surface area contributed by atoms with Crippen LogP contribution in [0, 0.1) is 0 Å². The molecule has 0 aliphatic heterocycles. The van der Waals surface area contributed by atoms with Crippen LogP contribution in [0.4, 0.5) is 5.69 Å². The first-order valence-corrected chi connectivity index (χ1v) is 7.01. The monoisotopic (exact) mass is 297 g/mol. The molecule has 20 heavy (non-hydrogen) atoms. The standard InChI is InChI=1S/C10H11N5O4S/c1-7(10(16)17)20(18,19)14-8-3-2-4-12-9(8)15-6-11-5-13-15/h2-7,14H,1H3,(H,16,17). The molecule has 0 radical (unpaired) electrons. The number of anilines is 1. The molecule has 0 saturated heterocycles. The van der Waals surface area contributed by atoms with Crippen LogP contribution in [0.15, 0.2) is 31.0 Å². The number of nitrogens with zero attached hydrogens (tertiary/aromatic N) is 4. The van der Waals surface area contributed by atoms with Crippen LogP contribution in [0.2, 0.25) is 0 Å². The second-order valence-electron chi connectivity index (χ2n) is 3.84. The van der Waals surface area contributed by atoms with Gasteiger partial charge in [0.25, 0.3) is 0 Å². The Labute approximate surface area is 114 Å². The number of carboxylic acids is 1. The summed E-state index contributed by atoms with van der Waals surface area (Å²) < 4.78 is 27.3. The van der Waals surface area contributed by atoms with Crippen LogP contribution in [0.1, 0.15) is 6.92 Å². The Kier molecular flexibility index (Phi) is 3.66. The molecule has 2 aromatic heterocycles. The van der Waals surface area contributed by atoms with E-state index >= 15 is 0 Å². The molecular weight excluding hydrogens is 286 g/mol. The van der Waals surface area contributed by atoms with Crippen molar-refractivity contribution in [3.05, 3.63) is 31.0 Å². The summed E-state index contributed by atoms with van der Waals surface area (Å²) in [4.78, 5) is 18.5. The van der Waals surface area contributed by atoms with Crippen LogP contribution in [0.5, 0.6) is 0 Å². The van der Waals surface area contributed by atoms with Crippen molar-refractivity contribution in [1.29, 1.82) is 0 Å². The van der Waals surface area contributed by atoms with Gasteiger partial charge in [0, 0.05) is 6.20 Å². The maximum Gasteiger partial charge on any atom is 0.323 e. The minimum absolute atomic E-state index is 0.117. The Bertz CT molecular complexity index is 713. The second kappa shape index (κ2) is 5.25. The lowest BCUT2D eigenvalue weighted by molar-refractivity contribution is -0.136. The van der Waals surface area contributed by atoms with Crippen molar-refractivity contribution in [3.63, 3.8) is 0 Å². The lowest BCUT2D eigenvalue weighted by Gasteiger charge is -2.13. The first kappa shape index (κ1) is 13.9. The molecule has 0 aromatic carbocycles. The largest absolute Gasteiger partial charge is 0.480 e. The molecule has 0 saturated carbocycles. The van der Waals surface area contributed by atoms with Gasteiger partial charge in [-0.15, -0.1) is 0 Å². The van der Waals surface area contributed by atoms with Gasteiger partial charge in [-0.3, -0.25) is 9.52 Å². The summed E-state index contributed by atoms with van der Waals surface area (Å²) in [6.07, 6.45) is 4.07. The van der Waals surface area contributed by atoms with E-state index in [0.29, 0.717) is 0 Å². The molecule has 10 heteroatoms. The zero-order valence-corrected chi connectivity index (χ0v) is 11.1. The SMILES string of the molecule is CC(C(=O)O)S(=O)(=O)Nc1cccnc1-n1cncn1. The van der Waals surface area contributed by atoms with Crippen LogP contribution < -0.4 is 4.72 Å². The van der Waals surface area contributed by atoms with Crippen molar-refractivity contribution in [2.45, 2.75) is 12.2 Å². The zero-order valence-electron chi connectivity index (χ0n) is 10.3. The van der Waals surface area contributed by atoms with Gasteiger partial charge < -0.3 is 5.11 Å². The molecule has 1 atom stereocenters. The van der Waals surface area contributed by atoms with E-state index in [1.807, 2.05) is 0 Å². The van der Waals surface area contributed by atoms with Gasteiger partial charge in [-0.05, 0) is 19.1 Å². The number of aromatic nitrogens is 4. The highest BCUT2D eigenvalue weighted by molar-refractivity contribution is 7.94. The lowest BCUT2D eigenvalue weighted by atomic mass is 10.4. The van der Waals surface area contributed by atoms with E-state index < -0.39 is 21.2 Å². The van der Waals surface area contributed by atoms with Crippen LogP contribution >= 0.6 is 0 Å². The number of nitrogens with one attached hydrogen (secondary N) is 1. The number of hydrogen-bond donors (Lipinski definition) is 2. The number of carbonyl (C=O) groups is 1. The van der Waals surface area contributed by atoms with E-state index in [4.69, 9.17) is 5.11 Å². The van der Waals surface area contributed by atoms with Gasteiger partial charge >= 0.3 is 5.97 Å². The van der Waals surface area contributed by atoms with Crippen LogP contribution in [0.3, 0.4) is 0 Å². The molecule has 2 rings (SSSR count). The van der Waals surface area contributed by atoms with E-state index in [-0.39, 0.29) is 11.5 Å². The predicted octanol–water partition coefficient (Wildman–Crippen LogP) is -0.123. The Morgan fingerprint density at radius 1 is 1.50 bits per heavy atom. The summed E-state index contributed by atoms with van der Waals surface area (Å²) in [6, 6.07) is 2.97. The first-order valence-electron chi connectivity index (χ1n) is 5.46. The Morgan fingerprint density at radius 3 is 2.85 bits per heavy atom.